The third kappa shape index (κ3) is 2.47. The lowest BCUT2D eigenvalue weighted by atomic mass is 9.90. The Kier molecular flexibility index (Phi) is 3.61. The first-order valence-corrected chi connectivity index (χ1v) is 7.32. The maximum atomic E-state index is 6.07. The Hall–Kier alpha value is -0.230. The van der Waals surface area contributed by atoms with Crippen molar-refractivity contribution in [3.05, 3.63) is 10.0 Å². The second-order valence-electron chi connectivity index (χ2n) is 4.72. The Balaban J connectivity index is 1.71. The predicted octanol–water partition coefficient (Wildman–Crippen LogP) is 2.33. The van der Waals surface area contributed by atoms with Gasteiger partial charge in [-0.2, -0.15) is 0 Å². The number of hydrogen-bond acceptors (Lipinski definition) is 5. The van der Waals surface area contributed by atoms with Crippen LogP contribution in [0.1, 0.15) is 31.4 Å². The molecule has 17 heavy (non-hydrogen) atoms. The summed E-state index contributed by atoms with van der Waals surface area (Å²) < 4.78 is 10.5. The zero-order chi connectivity index (χ0) is 11.7. The number of hydrogen-bond donors (Lipinski definition) is 0. The molecule has 2 fully saturated rings. The molecule has 1 saturated carbocycles. The van der Waals surface area contributed by atoms with Crippen LogP contribution in [0.25, 0.3) is 0 Å². The lowest BCUT2D eigenvalue weighted by Gasteiger charge is -2.43. The molecular formula is C11H16ClN3OS. The summed E-state index contributed by atoms with van der Waals surface area (Å²) in [6.07, 6.45) is 5.46. The molecule has 0 aromatic carbocycles. The molecule has 2 atom stereocenters. The molecule has 0 unspecified atom stereocenters. The van der Waals surface area contributed by atoms with Crippen molar-refractivity contribution in [2.75, 3.05) is 13.2 Å². The lowest BCUT2D eigenvalue weighted by Crippen LogP contribution is -2.52. The van der Waals surface area contributed by atoms with Gasteiger partial charge in [0.1, 0.15) is 10.0 Å². The van der Waals surface area contributed by atoms with Gasteiger partial charge in [-0.3, -0.25) is 4.90 Å². The maximum absolute atomic E-state index is 6.07. The van der Waals surface area contributed by atoms with Crippen LogP contribution in [0.4, 0.5) is 0 Å². The second-order valence-corrected chi connectivity index (χ2v) is 6.08. The molecule has 1 aliphatic carbocycles. The molecule has 0 spiro atoms. The molecule has 1 aromatic rings. The van der Waals surface area contributed by atoms with Gasteiger partial charge in [0.05, 0.1) is 12.7 Å². The molecular weight excluding hydrogens is 258 g/mol. The molecule has 0 N–H and O–H groups in total. The summed E-state index contributed by atoms with van der Waals surface area (Å²) in [5.74, 6) is 0. The van der Waals surface area contributed by atoms with Crippen LogP contribution in [0, 0.1) is 0 Å². The summed E-state index contributed by atoms with van der Waals surface area (Å²) in [6, 6.07) is 0.551. The first-order valence-electron chi connectivity index (χ1n) is 6.17. The molecule has 2 heterocycles. The smallest absolute Gasteiger partial charge is 0.138 e. The summed E-state index contributed by atoms with van der Waals surface area (Å²) in [7, 11) is 0. The standard InChI is InChI=1S/C11H16ClN3OS/c12-11-8(13-14-17-11)7-15-5-6-16-10-4-2-1-3-9(10)15/h9-10H,1-7H2/t9-,10-/m1/s1. The molecule has 4 nitrogen and oxygen atoms in total. The molecule has 6 heteroatoms. The van der Waals surface area contributed by atoms with Gasteiger partial charge in [-0.25, -0.2) is 0 Å². The number of aromatic nitrogens is 2. The topological polar surface area (TPSA) is 38.2 Å². The fourth-order valence-corrected chi connectivity index (χ4v) is 3.47. The van der Waals surface area contributed by atoms with E-state index in [2.05, 4.69) is 14.5 Å². The van der Waals surface area contributed by atoms with E-state index in [-0.39, 0.29) is 0 Å². The van der Waals surface area contributed by atoms with Gasteiger partial charge in [0, 0.05) is 30.7 Å². The molecule has 1 saturated heterocycles. The van der Waals surface area contributed by atoms with Gasteiger partial charge in [-0.05, 0) is 12.8 Å². The molecule has 0 bridgehead atoms. The molecule has 1 aromatic heterocycles. The van der Waals surface area contributed by atoms with E-state index in [0.717, 1.165) is 29.7 Å². The van der Waals surface area contributed by atoms with E-state index in [1.54, 1.807) is 0 Å². The Morgan fingerprint density at radius 3 is 3.12 bits per heavy atom. The minimum absolute atomic E-state index is 0.419. The van der Waals surface area contributed by atoms with Crippen LogP contribution in [0.3, 0.4) is 0 Å². The number of fused-ring (bicyclic) bond motifs is 1. The van der Waals surface area contributed by atoms with Crippen LogP contribution in [-0.4, -0.2) is 39.8 Å². The highest BCUT2D eigenvalue weighted by molar-refractivity contribution is 7.10. The highest BCUT2D eigenvalue weighted by atomic mass is 35.5. The third-order valence-electron chi connectivity index (χ3n) is 3.71. The average molecular weight is 274 g/mol. The van der Waals surface area contributed by atoms with Gasteiger partial charge in [0.15, 0.2) is 0 Å². The molecule has 3 rings (SSSR count). The minimum Gasteiger partial charge on any atom is -0.375 e. The van der Waals surface area contributed by atoms with Crippen molar-refractivity contribution in [3.8, 4) is 0 Å². The normalized spacial score (nSPS) is 30.2. The number of morpholine rings is 1. The molecule has 94 valence electrons. The van der Waals surface area contributed by atoms with E-state index in [0.29, 0.717) is 12.1 Å². The van der Waals surface area contributed by atoms with Gasteiger partial charge in [-0.15, -0.1) is 5.10 Å². The summed E-state index contributed by atoms with van der Waals surface area (Å²) in [5.41, 5.74) is 0.919. The predicted molar refractivity (Wildman–Crippen MR) is 67.3 cm³/mol. The van der Waals surface area contributed by atoms with E-state index in [1.807, 2.05) is 0 Å². The SMILES string of the molecule is Clc1snnc1CN1CCO[C@@H]2CCCC[C@H]21. The lowest BCUT2D eigenvalue weighted by molar-refractivity contribution is -0.0914. The fraction of sp³-hybridized carbons (Fsp3) is 0.818. The van der Waals surface area contributed by atoms with Crippen molar-refractivity contribution in [3.63, 3.8) is 0 Å². The van der Waals surface area contributed by atoms with Crippen molar-refractivity contribution < 1.29 is 4.74 Å². The van der Waals surface area contributed by atoms with Gasteiger partial charge in [0.2, 0.25) is 0 Å². The van der Waals surface area contributed by atoms with Crippen molar-refractivity contribution in [1.82, 2.24) is 14.5 Å². The zero-order valence-corrected chi connectivity index (χ0v) is 11.2. The number of ether oxygens (including phenoxy) is 1. The maximum Gasteiger partial charge on any atom is 0.138 e. The highest BCUT2D eigenvalue weighted by Gasteiger charge is 2.34. The fourth-order valence-electron chi connectivity index (χ4n) is 2.86. The third-order valence-corrected chi connectivity index (χ3v) is 4.69. The summed E-state index contributed by atoms with van der Waals surface area (Å²) in [6.45, 7) is 2.63. The first-order chi connectivity index (χ1) is 8.34. The minimum atomic E-state index is 0.419. The largest absolute Gasteiger partial charge is 0.375 e. The van der Waals surface area contributed by atoms with E-state index in [9.17, 15) is 0 Å². The van der Waals surface area contributed by atoms with E-state index in [1.165, 1.54) is 37.2 Å². The van der Waals surface area contributed by atoms with Gasteiger partial charge in [-0.1, -0.05) is 28.9 Å². The van der Waals surface area contributed by atoms with Crippen LogP contribution in [-0.2, 0) is 11.3 Å². The van der Waals surface area contributed by atoms with E-state index >= 15 is 0 Å². The number of halogens is 1. The Morgan fingerprint density at radius 1 is 1.41 bits per heavy atom. The summed E-state index contributed by atoms with van der Waals surface area (Å²) >= 11 is 7.34. The number of nitrogens with zero attached hydrogens (tertiary/aromatic N) is 3. The Labute approximate surface area is 110 Å². The Morgan fingerprint density at radius 2 is 2.29 bits per heavy atom. The molecule has 2 aliphatic rings. The number of rotatable bonds is 2. The highest BCUT2D eigenvalue weighted by Crippen LogP contribution is 2.30. The van der Waals surface area contributed by atoms with Gasteiger partial charge >= 0.3 is 0 Å². The van der Waals surface area contributed by atoms with Gasteiger partial charge in [0.25, 0.3) is 0 Å². The van der Waals surface area contributed by atoms with Gasteiger partial charge < -0.3 is 4.74 Å². The molecule has 1 aliphatic heterocycles. The van der Waals surface area contributed by atoms with E-state index < -0.39 is 0 Å². The van der Waals surface area contributed by atoms with Crippen molar-refractivity contribution in [1.29, 1.82) is 0 Å². The zero-order valence-electron chi connectivity index (χ0n) is 9.64. The van der Waals surface area contributed by atoms with Crippen LogP contribution in [0.15, 0.2) is 0 Å². The molecule has 0 radical (unpaired) electrons. The quantitative estimate of drug-likeness (QED) is 0.829. The van der Waals surface area contributed by atoms with Crippen LogP contribution in [0.2, 0.25) is 4.34 Å². The van der Waals surface area contributed by atoms with Crippen molar-refractivity contribution in [2.24, 2.45) is 0 Å². The summed E-state index contributed by atoms with van der Waals surface area (Å²) in [5, 5.41) is 4.10. The van der Waals surface area contributed by atoms with E-state index in [4.69, 9.17) is 16.3 Å². The first kappa shape index (κ1) is 11.8. The van der Waals surface area contributed by atoms with Crippen LogP contribution >= 0.6 is 23.1 Å². The van der Waals surface area contributed by atoms with Crippen molar-refractivity contribution in [2.45, 2.75) is 44.4 Å². The van der Waals surface area contributed by atoms with Crippen LogP contribution < -0.4 is 0 Å². The van der Waals surface area contributed by atoms with Crippen molar-refractivity contribution >= 4 is 23.1 Å². The monoisotopic (exact) mass is 273 g/mol. The average Bonchev–Trinajstić information content (AvgIpc) is 2.76. The van der Waals surface area contributed by atoms with Crippen LogP contribution in [0.5, 0.6) is 0 Å². The Bertz CT molecular complexity index is 385. The molecule has 0 amide bonds. The summed E-state index contributed by atoms with van der Waals surface area (Å²) in [4.78, 5) is 2.47. The second kappa shape index (κ2) is 5.18.